The van der Waals surface area contributed by atoms with Crippen LogP contribution in [0.15, 0.2) is 24.3 Å². The van der Waals surface area contributed by atoms with Crippen LogP contribution in [-0.4, -0.2) is 74.3 Å². The van der Waals surface area contributed by atoms with Crippen molar-refractivity contribution in [2.75, 3.05) is 40.9 Å². The monoisotopic (exact) mass is 940 g/mol. The van der Waals surface area contributed by atoms with Crippen LogP contribution >= 0.6 is 7.82 Å². The Kier molecular flexibility index (Phi) is 45.2. The number of nitrogens with one attached hydrogen (secondary N) is 1. The van der Waals surface area contributed by atoms with E-state index in [0.29, 0.717) is 23.9 Å². The molecular weight excluding hydrogens is 832 g/mol. The maximum atomic E-state index is 13.4. The lowest BCUT2D eigenvalue weighted by atomic mass is 10.0. The highest BCUT2D eigenvalue weighted by Gasteiger charge is 2.30. The summed E-state index contributed by atoms with van der Waals surface area (Å²) >= 11 is 0. The predicted molar refractivity (Wildman–Crippen MR) is 277 cm³/mol. The number of carbonyl (C=O) groups is 2. The van der Waals surface area contributed by atoms with Crippen molar-refractivity contribution in [3.63, 3.8) is 0 Å². The maximum Gasteiger partial charge on any atom is 0.472 e. The van der Waals surface area contributed by atoms with E-state index >= 15 is 0 Å². The lowest BCUT2D eigenvalue weighted by Crippen LogP contribution is -2.47. The zero-order valence-corrected chi connectivity index (χ0v) is 44.6. The fourth-order valence-corrected chi connectivity index (χ4v) is 8.79. The number of nitrogens with zero attached hydrogens (tertiary/aromatic N) is 1. The number of unbranched alkanes of at least 4 members (excludes halogenated alkanes) is 32. The number of phosphoric ester groups is 1. The van der Waals surface area contributed by atoms with E-state index in [1.807, 2.05) is 33.3 Å². The number of amides is 1. The van der Waals surface area contributed by atoms with Crippen molar-refractivity contribution in [2.45, 2.75) is 277 Å². The summed E-state index contributed by atoms with van der Waals surface area (Å²) < 4.78 is 30.5. The van der Waals surface area contributed by atoms with Crippen molar-refractivity contribution < 1.29 is 37.3 Å². The van der Waals surface area contributed by atoms with Gasteiger partial charge in [-0.05, 0) is 57.4 Å². The summed E-state index contributed by atoms with van der Waals surface area (Å²) in [6, 6.07) is -0.848. The molecule has 65 heavy (non-hydrogen) atoms. The molecule has 0 aromatic carbocycles. The van der Waals surface area contributed by atoms with Gasteiger partial charge < -0.3 is 19.4 Å². The summed E-state index contributed by atoms with van der Waals surface area (Å²) in [6.07, 6.45) is 51.6. The van der Waals surface area contributed by atoms with Crippen LogP contribution < -0.4 is 5.32 Å². The summed E-state index contributed by atoms with van der Waals surface area (Å²) in [5.74, 6) is -0.514. The van der Waals surface area contributed by atoms with Crippen LogP contribution in [0.4, 0.5) is 0 Å². The van der Waals surface area contributed by atoms with Crippen molar-refractivity contribution in [2.24, 2.45) is 0 Å². The highest BCUT2D eigenvalue weighted by Crippen LogP contribution is 2.43. The van der Waals surface area contributed by atoms with Gasteiger partial charge in [-0.25, -0.2) is 4.57 Å². The number of quaternary nitrogens is 1. The topological polar surface area (TPSA) is 111 Å². The lowest BCUT2D eigenvalue weighted by molar-refractivity contribution is -0.870. The van der Waals surface area contributed by atoms with Gasteiger partial charge in [0.25, 0.3) is 0 Å². The zero-order valence-electron chi connectivity index (χ0n) is 43.7. The lowest BCUT2D eigenvalue weighted by Gasteiger charge is -2.27. The molecule has 0 spiro atoms. The quantitative estimate of drug-likeness (QED) is 0.0205. The zero-order chi connectivity index (χ0) is 48.0. The molecule has 0 rings (SSSR count). The average Bonchev–Trinajstić information content (AvgIpc) is 3.26. The van der Waals surface area contributed by atoms with Crippen LogP contribution in [0.2, 0.25) is 0 Å². The minimum atomic E-state index is -4.44. The standard InChI is InChI=1S/C55H107N2O7P/c1-7-10-13-16-19-22-25-28-31-34-37-40-43-46-53(64-55(59)48-45-42-39-36-33-30-27-24-21-18-15-12-9-3)52(51-63-65(60,61)62-50-49-57(4,5)6)56-54(58)47-44-41-38-35-32-29-26-23-20-17-14-11-8-2/h29,32,43,46,52-53H,7-28,30-31,33-42,44-45,47-51H2,1-6H3,(H-,56,58,60,61)/p+1/b32-29-,46-43+. The largest absolute Gasteiger partial charge is 0.472 e. The summed E-state index contributed by atoms with van der Waals surface area (Å²) in [6.45, 7) is 7.00. The fraction of sp³-hybridized carbons (Fsp3) is 0.891. The molecule has 9 nitrogen and oxygen atoms in total. The summed E-state index contributed by atoms with van der Waals surface area (Å²) in [7, 11) is 1.50. The summed E-state index contributed by atoms with van der Waals surface area (Å²) in [5.41, 5.74) is 0. The number of rotatable bonds is 50. The Balaban J connectivity index is 5.42. The first-order valence-electron chi connectivity index (χ1n) is 27.7. The van der Waals surface area contributed by atoms with Gasteiger partial charge in [0.05, 0.1) is 33.8 Å². The van der Waals surface area contributed by atoms with Crippen molar-refractivity contribution in [1.29, 1.82) is 0 Å². The molecule has 0 fully saturated rings. The van der Waals surface area contributed by atoms with Crippen LogP contribution in [0.25, 0.3) is 0 Å². The Morgan fingerprint density at radius 3 is 1.32 bits per heavy atom. The first-order valence-corrected chi connectivity index (χ1v) is 29.2. The number of carbonyl (C=O) groups excluding carboxylic acids is 2. The molecular formula is C55H108N2O7P+. The molecule has 0 saturated heterocycles. The molecule has 3 unspecified atom stereocenters. The minimum Gasteiger partial charge on any atom is -0.456 e. The molecule has 0 aliphatic heterocycles. The van der Waals surface area contributed by atoms with E-state index in [1.54, 1.807) is 0 Å². The van der Waals surface area contributed by atoms with Gasteiger partial charge in [0.1, 0.15) is 19.3 Å². The first kappa shape index (κ1) is 63.5. The van der Waals surface area contributed by atoms with Gasteiger partial charge in [0, 0.05) is 12.8 Å². The molecule has 0 radical (unpaired) electrons. The molecule has 0 bridgehead atoms. The SMILES string of the molecule is CCCCCCCC/C=C\CCCCCC(=O)NC(COP(=O)(O)OCC[N+](C)(C)C)C(/C=C/CCCCCCCCCCCCC)OC(=O)CCCCCCCCCCCCCCC. The highest BCUT2D eigenvalue weighted by molar-refractivity contribution is 7.47. The van der Waals surface area contributed by atoms with E-state index < -0.39 is 20.0 Å². The Morgan fingerprint density at radius 1 is 0.523 bits per heavy atom. The Labute approximate surface area is 403 Å². The molecule has 2 N–H and O–H groups in total. The number of hydrogen-bond donors (Lipinski definition) is 2. The third-order valence-corrected chi connectivity index (χ3v) is 13.4. The molecule has 0 aromatic heterocycles. The average molecular weight is 940 g/mol. The van der Waals surface area contributed by atoms with Crippen LogP contribution in [0, 0.1) is 0 Å². The highest BCUT2D eigenvalue weighted by atomic mass is 31.2. The number of esters is 1. The second-order valence-electron chi connectivity index (χ2n) is 20.1. The predicted octanol–water partition coefficient (Wildman–Crippen LogP) is 16.2. The Hall–Kier alpha value is -1.51. The molecule has 1 amide bonds. The van der Waals surface area contributed by atoms with Crippen LogP contribution in [0.1, 0.15) is 265 Å². The van der Waals surface area contributed by atoms with Gasteiger partial charge in [-0.3, -0.25) is 18.6 Å². The molecule has 0 aromatic rings. The van der Waals surface area contributed by atoms with E-state index in [2.05, 4.69) is 38.2 Å². The van der Waals surface area contributed by atoms with E-state index in [1.165, 1.54) is 161 Å². The van der Waals surface area contributed by atoms with Crippen molar-refractivity contribution in [3.8, 4) is 0 Å². The van der Waals surface area contributed by atoms with Crippen molar-refractivity contribution >= 4 is 19.7 Å². The molecule has 0 aliphatic rings. The fourth-order valence-electron chi connectivity index (χ4n) is 8.05. The third-order valence-electron chi connectivity index (χ3n) is 12.4. The molecule has 10 heteroatoms. The van der Waals surface area contributed by atoms with E-state index in [4.69, 9.17) is 13.8 Å². The number of ether oxygens (including phenoxy) is 1. The van der Waals surface area contributed by atoms with E-state index in [0.717, 1.165) is 70.6 Å². The molecule has 3 atom stereocenters. The first-order chi connectivity index (χ1) is 31.4. The normalized spacial score (nSPS) is 14.0. The van der Waals surface area contributed by atoms with Gasteiger partial charge in [0.15, 0.2) is 0 Å². The molecule has 0 aliphatic carbocycles. The number of hydrogen-bond acceptors (Lipinski definition) is 6. The number of likely N-dealkylation sites (N-methyl/N-ethyl adjacent to an activating group) is 1. The van der Waals surface area contributed by atoms with E-state index in [9.17, 15) is 19.0 Å². The maximum absolute atomic E-state index is 13.4. The molecule has 384 valence electrons. The van der Waals surface area contributed by atoms with E-state index in [-0.39, 0.29) is 25.1 Å². The van der Waals surface area contributed by atoms with Crippen LogP contribution in [0.3, 0.4) is 0 Å². The van der Waals surface area contributed by atoms with Crippen LogP contribution in [-0.2, 0) is 27.9 Å². The molecule has 0 saturated carbocycles. The minimum absolute atomic E-state index is 0.0406. The Bertz CT molecular complexity index is 1170. The van der Waals surface area contributed by atoms with Gasteiger partial charge in [-0.15, -0.1) is 0 Å². The molecule has 0 heterocycles. The van der Waals surface area contributed by atoms with Gasteiger partial charge in [-0.2, -0.15) is 0 Å². The summed E-state index contributed by atoms with van der Waals surface area (Å²) in [4.78, 5) is 37.5. The van der Waals surface area contributed by atoms with Crippen LogP contribution in [0.5, 0.6) is 0 Å². The second-order valence-corrected chi connectivity index (χ2v) is 21.6. The second kappa shape index (κ2) is 46.2. The van der Waals surface area contributed by atoms with Crippen molar-refractivity contribution in [3.05, 3.63) is 24.3 Å². The third kappa shape index (κ3) is 47.4. The number of phosphoric acid groups is 1. The Morgan fingerprint density at radius 2 is 0.892 bits per heavy atom. The smallest absolute Gasteiger partial charge is 0.456 e. The van der Waals surface area contributed by atoms with Gasteiger partial charge >= 0.3 is 13.8 Å². The number of allylic oxidation sites excluding steroid dienone is 3. The summed E-state index contributed by atoms with van der Waals surface area (Å²) in [5, 5.41) is 3.04. The van der Waals surface area contributed by atoms with Gasteiger partial charge in [-0.1, -0.05) is 219 Å². The van der Waals surface area contributed by atoms with Crippen molar-refractivity contribution in [1.82, 2.24) is 5.32 Å². The van der Waals surface area contributed by atoms with Gasteiger partial charge in [0.2, 0.25) is 5.91 Å².